The predicted octanol–water partition coefficient (Wildman–Crippen LogP) is 4.70. The van der Waals surface area contributed by atoms with Crippen molar-refractivity contribution in [3.63, 3.8) is 0 Å². The van der Waals surface area contributed by atoms with E-state index < -0.39 is 6.04 Å². The lowest BCUT2D eigenvalue weighted by molar-refractivity contribution is -0.142. The molecule has 2 aromatic rings. The molecule has 0 saturated carbocycles. The smallest absolute Gasteiger partial charge is 0.261 e. The summed E-state index contributed by atoms with van der Waals surface area (Å²) in [7, 11) is 0. The van der Waals surface area contributed by atoms with Gasteiger partial charge in [0.2, 0.25) is 5.91 Å². The number of halogens is 2. The molecule has 0 heterocycles. The number of ether oxygens (including phenoxy) is 1. The van der Waals surface area contributed by atoms with Gasteiger partial charge in [-0.2, -0.15) is 0 Å². The second-order valence-corrected chi connectivity index (χ2v) is 7.68. The SMILES string of the molecule is CC[C@@H](C)NC(=O)[C@@H](C)N(Cc1ccc(Cl)c(Cl)c1)C(=O)COc1ccccc1. The summed E-state index contributed by atoms with van der Waals surface area (Å²) in [5, 5.41) is 3.75. The van der Waals surface area contributed by atoms with Gasteiger partial charge < -0.3 is 15.0 Å². The van der Waals surface area contributed by atoms with E-state index in [0.717, 1.165) is 12.0 Å². The van der Waals surface area contributed by atoms with Crippen molar-refractivity contribution in [3.8, 4) is 5.75 Å². The fourth-order valence-corrected chi connectivity index (χ4v) is 2.95. The maximum Gasteiger partial charge on any atom is 0.261 e. The Labute approximate surface area is 181 Å². The largest absolute Gasteiger partial charge is 0.484 e. The van der Waals surface area contributed by atoms with Crippen LogP contribution >= 0.6 is 23.2 Å². The van der Waals surface area contributed by atoms with Crippen LogP contribution in [0.3, 0.4) is 0 Å². The van der Waals surface area contributed by atoms with Crippen LogP contribution in [-0.2, 0) is 16.1 Å². The first-order valence-electron chi connectivity index (χ1n) is 9.53. The van der Waals surface area contributed by atoms with E-state index in [1.807, 2.05) is 32.0 Å². The van der Waals surface area contributed by atoms with Crippen LogP contribution in [0.4, 0.5) is 0 Å². The van der Waals surface area contributed by atoms with Crippen LogP contribution < -0.4 is 10.1 Å². The lowest BCUT2D eigenvalue weighted by Gasteiger charge is -2.29. The predicted molar refractivity (Wildman–Crippen MR) is 116 cm³/mol. The molecule has 2 aromatic carbocycles. The summed E-state index contributed by atoms with van der Waals surface area (Å²) in [6.45, 7) is 5.65. The van der Waals surface area contributed by atoms with Gasteiger partial charge >= 0.3 is 0 Å². The molecule has 0 aliphatic heterocycles. The Kier molecular flexibility index (Phi) is 8.80. The van der Waals surface area contributed by atoms with Crippen molar-refractivity contribution in [3.05, 3.63) is 64.1 Å². The Hall–Kier alpha value is -2.24. The third-order valence-electron chi connectivity index (χ3n) is 4.61. The molecular formula is C22H26Cl2N2O3. The fraction of sp³-hybridized carbons (Fsp3) is 0.364. The number of nitrogens with zero attached hydrogens (tertiary/aromatic N) is 1. The Morgan fingerprint density at radius 1 is 1.07 bits per heavy atom. The summed E-state index contributed by atoms with van der Waals surface area (Å²) in [4.78, 5) is 27.1. The molecule has 0 unspecified atom stereocenters. The highest BCUT2D eigenvalue weighted by Gasteiger charge is 2.27. The van der Waals surface area contributed by atoms with Gasteiger partial charge in [-0.25, -0.2) is 0 Å². The average molecular weight is 437 g/mol. The number of amides is 2. The fourth-order valence-electron chi connectivity index (χ4n) is 2.63. The maximum absolute atomic E-state index is 12.9. The van der Waals surface area contributed by atoms with E-state index >= 15 is 0 Å². The van der Waals surface area contributed by atoms with E-state index in [1.54, 1.807) is 37.3 Å². The van der Waals surface area contributed by atoms with Gasteiger partial charge in [-0.05, 0) is 50.1 Å². The molecule has 0 aliphatic rings. The van der Waals surface area contributed by atoms with Crippen LogP contribution in [0.25, 0.3) is 0 Å². The molecule has 0 spiro atoms. The second kappa shape index (κ2) is 11.1. The topological polar surface area (TPSA) is 58.6 Å². The number of hydrogen-bond donors (Lipinski definition) is 1. The number of hydrogen-bond acceptors (Lipinski definition) is 3. The number of carbonyl (C=O) groups is 2. The van der Waals surface area contributed by atoms with E-state index in [2.05, 4.69) is 5.32 Å². The van der Waals surface area contributed by atoms with Gasteiger partial charge in [0.25, 0.3) is 5.91 Å². The quantitative estimate of drug-likeness (QED) is 0.619. The van der Waals surface area contributed by atoms with Crippen molar-refractivity contribution in [1.29, 1.82) is 0 Å². The van der Waals surface area contributed by atoms with Crippen LogP contribution in [0.1, 0.15) is 32.8 Å². The van der Waals surface area contributed by atoms with Gasteiger partial charge in [0.05, 0.1) is 10.0 Å². The zero-order valence-electron chi connectivity index (χ0n) is 16.8. The first kappa shape index (κ1) is 23.0. The van der Waals surface area contributed by atoms with Crippen molar-refractivity contribution in [2.24, 2.45) is 0 Å². The van der Waals surface area contributed by atoms with Gasteiger partial charge in [-0.3, -0.25) is 9.59 Å². The molecule has 2 amide bonds. The number of para-hydroxylation sites is 1. The Morgan fingerprint density at radius 2 is 1.76 bits per heavy atom. The van der Waals surface area contributed by atoms with E-state index in [9.17, 15) is 9.59 Å². The van der Waals surface area contributed by atoms with Crippen molar-refractivity contribution in [2.75, 3.05) is 6.61 Å². The molecule has 2 atom stereocenters. The summed E-state index contributed by atoms with van der Waals surface area (Å²) in [5.74, 6) is 0.0752. The maximum atomic E-state index is 12.9. The number of carbonyl (C=O) groups excluding carboxylic acids is 2. The molecule has 156 valence electrons. The Morgan fingerprint density at radius 3 is 2.38 bits per heavy atom. The Bertz CT molecular complexity index is 830. The molecule has 0 aliphatic carbocycles. The molecule has 5 nitrogen and oxygen atoms in total. The van der Waals surface area contributed by atoms with Gasteiger partial charge in [0, 0.05) is 12.6 Å². The highest BCUT2D eigenvalue weighted by molar-refractivity contribution is 6.42. The molecular weight excluding hydrogens is 411 g/mol. The lowest BCUT2D eigenvalue weighted by atomic mass is 10.1. The van der Waals surface area contributed by atoms with Crippen molar-refractivity contribution < 1.29 is 14.3 Å². The molecule has 0 saturated heterocycles. The molecule has 0 radical (unpaired) electrons. The average Bonchev–Trinajstić information content (AvgIpc) is 2.72. The highest BCUT2D eigenvalue weighted by atomic mass is 35.5. The number of rotatable bonds is 9. The third-order valence-corrected chi connectivity index (χ3v) is 5.35. The van der Waals surface area contributed by atoms with E-state index in [0.29, 0.717) is 15.8 Å². The van der Waals surface area contributed by atoms with Crippen molar-refractivity contribution in [1.82, 2.24) is 10.2 Å². The van der Waals surface area contributed by atoms with Crippen LogP contribution in [0.2, 0.25) is 10.0 Å². The third kappa shape index (κ3) is 6.94. The molecule has 0 fully saturated rings. The summed E-state index contributed by atoms with van der Waals surface area (Å²) in [6, 6.07) is 13.6. The van der Waals surface area contributed by atoms with E-state index in [1.165, 1.54) is 4.90 Å². The molecule has 1 N–H and O–H groups in total. The van der Waals surface area contributed by atoms with Gasteiger partial charge in [0.15, 0.2) is 6.61 Å². The number of benzene rings is 2. The van der Waals surface area contributed by atoms with Gasteiger partial charge in [0.1, 0.15) is 11.8 Å². The second-order valence-electron chi connectivity index (χ2n) is 6.87. The summed E-state index contributed by atoms with van der Waals surface area (Å²) < 4.78 is 5.59. The zero-order valence-corrected chi connectivity index (χ0v) is 18.3. The van der Waals surface area contributed by atoms with Crippen LogP contribution in [0, 0.1) is 0 Å². The molecule has 2 rings (SSSR count). The van der Waals surface area contributed by atoms with Crippen molar-refractivity contribution in [2.45, 2.75) is 45.8 Å². The summed E-state index contributed by atoms with van der Waals surface area (Å²) in [6.07, 6.45) is 0.802. The van der Waals surface area contributed by atoms with Gasteiger partial charge in [-0.15, -0.1) is 0 Å². The summed E-state index contributed by atoms with van der Waals surface area (Å²) in [5.41, 5.74) is 0.774. The standard InChI is InChI=1S/C22H26Cl2N2O3/c1-4-15(2)25-22(28)16(3)26(13-17-10-11-19(23)20(24)12-17)21(27)14-29-18-8-6-5-7-9-18/h5-12,15-16H,4,13-14H2,1-3H3,(H,25,28)/t15-,16-/m1/s1. The summed E-state index contributed by atoms with van der Waals surface area (Å²) >= 11 is 12.1. The number of nitrogens with one attached hydrogen (secondary N) is 1. The molecule has 0 aromatic heterocycles. The van der Waals surface area contributed by atoms with Crippen LogP contribution in [0.15, 0.2) is 48.5 Å². The first-order chi connectivity index (χ1) is 13.8. The zero-order chi connectivity index (χ0) is 21.4. The Balaban J connectivity index is 2.17. The minimum atomic E-state index is -0.676. The van der Waals surface area contributed by atoms with Gasteiger partial charge in [-0.1, -0.05) is 54.4 Å². The first-order valence-corrected chi connectivity index (χ1v) is 10.3. The van der Waals surface area contributed by atoms with Crippen molar-refractivity contribution >= 4 is 35.0 Å². The highest BCUT2D eigenvalue weighted by Crippen LogP contribution is 2.24. The molecule has 0 bridgehead atoms. The van der Waals surface area contributed by atoms with Crippen LogP contribution in [0.5, 0.6) is 5.75 Å². The monoisotopic (exact) mass is 436 g/mol. The molecule has 29 heavy (non-hydrogen) atoms. The minimum absolute atomic E-state index is 0.0208. The van der Waals surface area contributed by atoms with E-state index in [4.69, 9.17) is 27.9 Å². The molecule has 7 heteroatoms. The normalized spacial score (nSPS) is 12.7. The van der Waals surface area contributed by atoms with E-state index in [-0.39, 0.29) is 31.0 Å². The van der Waals surface area contributed by atoms with Crippen LogP contribution in [-0.4, -0.2) is 35.4 Å². The lowest BCUT2D eigenvalue weighted by Crippen LogP contribution is -2.50. The minimum Gasteiger partial charge on any atom is -0.484 e.